The maximum absolute atomic E-state index is 11.2. The predicted octanol–water partition coefficient (Wildman–Crippen LogP) is 7.92. The Bertz CT molecular complexity index is 1370. The number of rotatable bonds is 5. The lowest BCUT2D eigenvalue weighted by molar-refractivity contribution is 0.452. The summed E-state index contributed by atoms with van der Waals surface area (Å²) in [6.45, 7) is 11.4. The monoisotopic (exact) mass is 469 g/mol. The molecule has 0 spiro atoms. The van der Waals surface area contributed by atoms with E-state index in [2.05, 4.69) is 0 Å². The van der Waals surface area contributed by atoms with E-state index in [1.807, 2.05) is 95.0 Å². The molecular formula is C30H31NO4. The van der Waals surface area contributed by atoms with E-state index in [0.717, 1.165) is 33.4 Å². The molecule has 4 rings (SSSR count). The number of hydrogen-bond acceptors (Lipinski definition) is 5. The number of nitrogens with zero attached hydrogens (tertiary/aromatic N) is 1. The minimum absolute atomic E-state index is 0.122. The van der Waals surface area contributed by atoms with Crippen molar-refractivity contribution in [2.45, 2.75) is 41.5 Å². The van der Waals surface area contributed by atoms with Gasteiger partial charge in [-0.15, -0.1) is 0 Å². The number of benzene rings is 4. The van der Waals surface area contributed by atoms with E-state index in [1.54, 1.807) is 12.1 Å². The zero-order valence-corrected chi connectivity index (χ0v) is 21.0. The molecule has 0 fully saturated rings. The second-order valence-corrected chi connectivity index (χ2v) is 9.08. The van der Waals surface area contributed by atoms with Gasteiger partial charge in [-0.1, -0.05) is 36.4 Å². The largest absolute Gasteiger partial charge is 0.508 e. The smallest absolute Gasteiger partial charge is 0.151 e. The van der Waals surface area contributed by atoms with Gasteiger partial charge in [0.05, 0.1) is 17.1 Å². The van der Waals surface area contributed by atoms with E-state index in [-0.39, 0.29) is 17.2 Å². The SMILES string of the molecule is Cc1cc(O)cc(Oc2ccccc2N(c2c(C)ccc(C)c2O)c2c(C)ccc(C)c2O)c1C. The molecule has 0 saturated heterocycles. The summed E-state index contributed by atoms with van der Waals surface area (Å²) >= 11 is 0. The van der Waals surface area contributed by atoms with Gasteiger partial charge in [0.1, 0.15) is 23.0 Å². The average molecular weight is 470 g/mol. The first-order valence-corrected chi connectivity index (χ1v) is 11.6. The van der Waals surface area contributed by atoms with Crippen LogP contribution in [-0.2, 0) is 0 Å². The molecule has 0 amide bonds. The standard InChI is InChI=1S/C30H31NO4/c1-17-11-13-19(3)29(33)27(17)31(28-18(2)12-14-20(4)30(28)34)24-9-7-8-10-25(24)35-26-16-23(32)15-21(5)22(26)6/h7-16,32-34H,1-6H3. The van der Waals surface area contributed by atoms with Crippen molar-refractivity contribution in [1.29, 1.82) is 0 Å². The minimum Gasteiger partial charge on any atom is -0.508 e. The lowest BCUT2D eigenvalue weighted by Crippen LogP contribution is -2.15. The second-order valence-electron chi connectivity index (χ2n) is 9.08. The number of phenols is 3. The summed E-state index contributed by atoms with van der Waals surface area (Å²) < 4.78 is 6.38. The van der Waals surface area contributed by atoms with Gasteiger partial charge in [-0.3, -0.25) is 4.90 Å². The Kier molecular flexibility index (Phi) is 6.35. The third kappa shape index (κ3) is 4.37. The molecule has 0 aliphatic carbocycles. The van der Waals surface area contributed by atoms with Crippen molar-refractivity contribution in [3.8, 4) is 28.7 Å². The third-order valence-electron chi connectivity index (χ3n) is 6.49. The lowest BCUT2D eigenvalue weighted by Gasteiger charge is -2.31. The van der Waals surface area contributed by atoms with Crippen molar-refractivity contribution in [3.05, 3.63) is 94.0 Å². The molecule has 3 N–H and O–H groups in total. The first kappa shape index (κ1) is 24.0. The van der Waals surface area contributed by atoms with Gasteiger partial charge in [-0.05, 0) is 93.1 Å². The fourth-order valence-corrected chi connectivity index (χ4v) is 4.24. The summed E-state index contributed by atoms with van der Waals surface area (Å²) in [7, 11) is 0. The molecule has 35 heavy (non-hydrogen) atoms. The number of ether oxygens (including phenoxy) is 1. The van der Waals surface area contributed by atoms with Crippen molar-refractivity contribution in [1.82, 2.24) is 0 Å². The van der Waals surface area contributed by atoms with Crippen LogP contribution in [0.1, 0.15) is 33.4 Å². The number of para-hydroxylation sites is 2. The number of phenolic OH excluding ortho intramolecular Hbond substituents is 3. The van der Waals surface area contributed by atoms with Crippen molar-refractivity contribution < 1.29 is 20.1 Å². The van der Waals surface area contributed by atoms with Crippen LogP contribution in [0.5, 0.6) is 28.7 Å². The van der Waals surface area contributed by atoms with Gasteiger partial charge in [0.25, 0.3) is 0 Å². The molecular weight excluding hydrogens is 438 g/mol. The molecule has 0 atom stereocenters. The second kappa shape index (κ2) is 9.26. The molecule has 0 saturated carbocycles. The number of aromatic hydroxyl groups is 3. The summed E-state index contributed by atoms with van der Waals surface area (Å²) in [4.78, 5) is 1.86. The molecule has 0 radical (unpaired) electrons. The minimum atomic E-state index is 0.122. The van der Waals surface area contributed by atoms with Crippen LogP contribution in [0.3, 0.4) is 0 Å². The van der Waals surface area contributed by atoms with Gasteiger partial charge in [-0.2, -0.15) is 0 Å². The Morgan fingerprint density at radius 3 is 1.66 bits per heavy atom. The highest BCUT2D eigenvalue weighted by Gasteiger charge is 2.27. The van der Waals surface area contributed by atoms with E-state index in [1.165, 1.54) is 0 Å². The van der Waals surface area contributed by atoms with Gasteiger partial charge in [-0.25, -0.2) is 0 Å². The van der Waals surface area contributed by atoms with E-state index in [0.29, 0.717) is 28.6 Å². The first-order chi connectivity index (χ1) is 16.6. The highest BCUT2D eigenvalue weighted by molar-refractivity contribution is 5.89. The highest BCUT2D eigenvalue weighted by Crippen LogP contribution is 2.51. The molecule has 5 heteroatoms. The number of anilines is 3. The van der Waals surface area contributed by atoms with Crippen LogP contribution < -0.4 is 9.64 Å². The average Bonchev–Trinajstić information content (AvgIpc) is 2.82. The molecule has 4 aromatic rings. The van der Waals surface area contributed by atoms with Crippen LogP contribution >= 0.6 is 0 Å². The molecule has 0 aliphatic heterocycles. The normalized spacial score (nSPS) is 10.9. The van der Waals surface area contributed by atoms with E-state index in [4.69, 9.17) is 4.74 Å². The van der Waals surface area contributed by atoms with Crippen LogP contribution in [0.2, 0.25) is 0 Å². The van der Waals surface area contributed by atoms with Crippen LogP contribution in [0.4, 0.5) is 17.1 Å². The maximum Gasteiger partial charge on any atom is 0.151 e. The Morgan fingerprint density at radius 2 is 1.09 bits per heavy atom. The highest BCUT2D eigenvalue weighted by atomic mass is 16.5. The zero-order valence-electron chi connectivity index (χ0n) is 21.0. The van der Waals surface area contributed by atoms with Gasteiger partial charge in [0.15, 0.2) is 5.75 Å². The molecule has 0 unspecified atom stereocenters. The van der Waals surface area contributed by atoms with Crippen LogP contribution in [0.15, 0.2) is 60.7 Å². The van der Waals surface area contributed by atoms with E-state index >= 15 is 0 Å². The molecule has 0 bridgehead atoms. The van der Waals surface area contributed by atoms with Crippen molar-refractivity contribution in [3.63, 3.8) is 0 Å². The summed E-state index contributed by atoms with van der Waals surface area (Å²) in [6.07, 6.45) is 0. The Hall–Kier alpha value is -4.12. The van der Waals surface area contributed by atoms with Gasteiger partial charge in [0, 0.05) is 6.07 Å². The fourth-order valence-electron chi connectivity index (χ4n) is 4.24. The van der Waals surface area contributed by atoms with Crippen LogP contribution in [0, 0.1) is 41.5 Å². The quantitative estimate of drug-likeness (QED) is 0.277. The molecule has 0 aromatic heterocycles. The van der Waals surface area contributed by atoms with Crippen LogP contribution in [-0.4, -0.2) is 15.3 Å². The van der Waals surface area contributed by atoms with E-state index in [9.17, 15) is 15.3 Å². The Labute approximate surface area is 206 Å². The zero-order chi connectivity index (χ0) is 25.4. The Morgan fingerprint density at radius 1 is 0.571 bits per heavy atom. The summed E-state index contributed by atoms with van der Waals surface area (Å²) in [6, 6.07) is 18.4. The van der Waals surface area contributed by atoms with E-state index < -0.39 is 0 Å². The third-order valence-corrected chi connectivity index (χ3v) is 6.49. The van der Waals surface area contributed by atoms with Crippen molar-refractivity contribution in [2.24, 2.45) is 0 Å². The number of aryl methyl sites for hydroxylation is 5. The molecule has 180 valence electrons. The Balaban J connectivity index is 2.02. The molecule has 0 heterocycles. The fraction of sp³-hybridized carbons (Fsp3) is 0.200. The predicted molar refractivity (Wildman–Crippen MR) is 141 cm³/mol. The maximum atomic E-state index is 11.2. The topological polar surface area (TPSA) is 73.2 Å². The lowest BCUT2D eigenvalue weighted by atomic mass is 10.0. The summed E-state index contributed by atoms with van der Waals surface area (Å²) in [5.74, 6) is 1.43. The first-order valence-electron chi connectivity index (χ1n) is 11.6. The summed E-state index contributed by atoms with van der Waals surface area (Å²) in [5.41, 5.74) is 6.71. The van der Waals surface area contributed by atoms with Crippen molar-refractivity contribution >= 4 is 17.1 Å². The van der Waals surface area contributed by atoms with Gasteiger partial charge in [0.2, 0.25) is 0 Å². The van der Waals surface area contributed by atoms with Crippen molar-refractivity contribution in [2.75, 3.05) is 4.90 Å². The molecule has 0 aliphatic rings. The van der Waals surface area contributed by atoms with Gasteiger partial charge < -0.3 is 20.1 Å². The number of hydrogen-bond donors (Lipinski definition) is 3. The summed E-state index contributed by atoms with van der Waals surface area (Å²) in [5, 5.41) is 32.6. The molecule has 4 aromatic carbocycles. The molecule has 5 nitrogen and oxygen atoms in total. The van der Waals surface area contributed by atoms with Gasteiger partial charge >= 0.3 is 0 Å². The van der Waals surface area contributed by atoms with Crippen LogP contribution in [0.25, 0.3) is 0 Å².